The van der Waals surface area contributed by atoms with Gasteiger partial charge in [-0.1, -0.05) is 18.2 Å². The van der Waals surface area contributed by atoms with E-state index in [1.807, 2.05) is 17.5 Å². The van der Waals surface area contributed by atoms with Gasteiger partial charge in [0.2, 0.25) is 0 Å². The molecule has 0 bridgehead atoms. The lowest BCUT2D eigenvalue weighted by Crippen LogP contribution is -2.38. The van der Waals surface area contributed by atoms with Crippen LogP contribution in [0.1, 0.15) is 29.3 Å². The lowest BCUT2D eigenvalue weighted by Gasteiger charge is -2.09. The SMILES string of the molecule is O=C(NCCn1nc(-c2cccc(C(F)(F)F)c2)n(C2CC2)c1=O)NCc1cccs1. The van der Waals surface area contributed by atoms with Gasteiger partial charge in [0.25, 0.3) is 0 Å². The molecule has 31 heavy (non-hydrogen) atoms. The highest BCUT2D eigenvalue weighted by Crippen LogP contribution is 2.37. The molecule has 11 heteroatoms. The van der Waals surface area contributed by atoms with Gasteiger partial charge in [0.05, 0.1) is 18.7 Å². The molecule has 0 saturated heterocycles. The van der Waals surface area contributed by atoms with Crippen molar-refractivity contribution in [2.45, 2.75) is 38.1 Å². The molecule has 1 fully saturated rings. The second kappa shape index (κ2) is 8.58. The number of hydrogen-bond donors (Lipinski definition) is 2. The maximum absolute atomic E-state index is 13.1. The highest BCUT2D eigenvalue weighted by atomic mass is 32.1. The summed E-state index contributed by atoms with van der Waals surface area (Å²) >= 11 is 1.53. The van der Waals surface area contributed by atoms with E-state index >= 15 is 0 Å². The Morgan fingerprint density at radius 3 is 2.68 bits per heavy atom. The van der Waals surface area contributed by atoms with Gasteiger partial charge in [-0.25, -0.2) is 14.3 Å². The molecule has 7 nitrogen and oxygen atoms in total. The summed E-state index contributed by atoms with van der Waals surface area (Å²) in [6.45, 7) is 0.663. The summed E-state index contributed by atoms with van der Waals surface area (Å²) in [6.07, 6.45) is -2.93. The van der Waals surface area contributed by atoms with Crippen LogP contribution < -0.4 is 16.3 Å². The third-order valence-electron chi connectivity index (χ3n) is 4.84. The number of thiophene rings is 1. The van der Waals surface area contributed by atoms with E-state index in [-0.39, 0.29) is 36.6 Å². The molecule has 0 unspecified atom stereocenters. The minimum absolute atomic E-state index is 0.0622. The highest BCUT2D eigenvalue weighted by Gasteiger charge is 2.33. The Kier molecular flexibility index (Phi) is 5.86. The molecular formula is C20H20F3N5O2S. The second-order valence-electron chi connectivity index (χ2n) is 7.20. The van der Waals surface area contributed by atoms with Crippen molar-refractivity contribution < 1.29 is 18.0 Å². The van der Waals surface area contributed by atoms with Crippen molar-refractivity contribution in [3.8, 4) is 11.4 Å². The fourth-order valence-electron chi connectivity index (χ4n) is 3.18. The molecule has 2 heterocycles. The first-order valence-electron chi connectivity index (χ1n) is 9.74. The minimum Gasteiger partial charge on any atom is -0.336 e. The first-order valence-corrected chi connectivity index (χ1v) is 10.6. The molecule has 0 aliphatic heterocycles. The number of urea groups is 1. The standard InChI is InChI=1S/C20H20F3N5O2S/c21-20(22,23)14-4-1-3-13(11-14)17-26-27(19(30)28(17)15-6-7-15)9-8-24-18(29)25-12-16-5-2-10-31-16/h1-5,10-11,15H,6-9,12H2,(H2,24,25,29). The average Bonchev–Trinajstić information content (AvgIpc) is 3.32. The van der Waals surface area contributed by atoms with E-state index < -0.39 is 17.4 Å². The molecule has 1 aliphatic rings. The number of rotatable bonds is 7. The number of nitrogens with zero attached hydrogens (tertiary/aromatic N) is 3. The van der Waals surface area contributed by atoms with Gasteiger partial charge in [-0.3, -0.25) is 4.57 Å². The van der Waals surface area contributed by atoms with Gasteiger partial charge in [0.1, 0.15) is 0 Å². The molecule has 2 aromatic heterocycles. The zero-order valence-electron chi connectivity index (χ0n) is 16.4. The molecule has 1 aromatic carbocycles. The van der Waals surface area contributed by atoms with Gasteiger partial charge in [-0.2, -0.15) is 13.2 Å². The van der Waals surface area contributed by atoms with Crippen LogP contribution in [0.4, 0.5) is 18.0 Å². The number of carbonyl (C=O) groups is 1. The first-order chi connectivity index (χ1) is 14.8. The third-order valence-corrected chi connectivity index (χ3v) is 5.72. The Morgan fingerprint density at radius 2 is 2.00 bits per heavy atom. The molecule has 2 N–H and O–H groups in total. The van der Waals surface area contributed by atoms with E-state index in [1.54, 1.807) is 0 Å². The number of carbonyl (C=O) groups excluding carboxylic acids is 1. The zero-order valence-corrected chi connectivity index (χ0v) is 17.2. The van der Waals surface area contributed by atoms with Crippen LogP contribution in [0.3, 0.4) is 0 Å². The van der Waals surface area contributed by atoms with Gasteiger partial charge in [0.15, 0.2) is 5.82 Å². The first kappa shape index (κ1) is 21.2. The number of nitrogens with one attached hydrogen (secondary N) is 2. The van der Waals surface area contributed by atoms with Crippen molar-refractivity contribution in [1.29, 1.82) is 0 Å². The molecule has 164 valence electrons. The summed E-state index contributed by atoms with van der Waals surface area (Å²) in [4.78, 5) is 25.7. The van der Waals surface area contributed by atoms with Crippen molar-refractivity contribution >= 4 is 17.4 Å². The summed E-state index contributed by atoms with van der Waals surface area (Å²) in [6, 6.07) is 8.16. The van der Waals surface area contributed by atoms with Gasteiger partial charge in [-0.15, -0.1) is 16.4 Å². The molecule has 0 radical (unpaired) electrons. The van der Waals surface area contributed by atoms with Gasteiger partial charge < -0.3 is 10.6 Å². The van der Waals surface area contributed by atoms with Crippen molar-refractivity contribution in [3.05, 3.63) is 62.7 Å². The third kappa shape index (κ3) is 4.98. The Balaban J connectivity index is 1.46. The second-order valence-corrected chi connectivity index (χ2v) is 8.23. The Morgan fingerprint density at radius 1 is 1.19 bits per heavy atom. The van der Waals surface area contributed by atoms with Crippen LogP contribution in [-0.2, 0) is 19.3 Å². The summed E-state index contributed by atoms with van der Waals surface area (Å²) in [5.41, 5.74) is -0.951. The molecule has 2 amide bonds. The van der Waals surface area contributed by atoms with Crippen LogP contribution >= 0.6 is 11.3 Å². The van der Waals surface area contributed by atoms with E-state index in [0.29, 0.717) is 6.54 Å². The van der Waals surface area contributed by atoms with E-state index in [0.717, 1.165) is 29.9 Å². The molecule has 1 aliphatic carbocycles. The topological polar surface area (TPSA) is 81.0 Å². The molecule has 3 aromatic rings. The fourth-order valence-corrected chi connectivity index (χ4v) is 3.82. The summed E-state index contributed by atoms with van der Waals surface area (Å²) < 4.78 is 41.9. The monoisotopic (exact) mass is 451 g/mol. The number of halogens is 3. The van der Waals surface area contributed by atoms with Crippen molar-refractivity contribution in [2.24, 2.45) is 0 Å². The largest absolute Gasteiger partial charge is 0.416 e. The van der Waals surface area contributed by atoms with Crippen molar-refractivity contribution in [1.82, 2.24) is 25.0 Å². The van der Waals surface area contributed by atoms with Gasteiger partial charge in [0, 0.05) is 23.0 Å². The van der Waals surface area contributed by atoms with E-state index in [9.17, 15) is 22.8 Å². The number of hydrogen-bond acceptors (Lipinski definition) is 4. The molecule has 0 atom stereocenters. The summed E-state index contributed by atoms with van der Waals surface area (Å²) in [7, 11) is 0. The van der Waals surface area contributed by atoms with Crippen LogP contribution in [-0.4, -0.2) is 26.9 Å². The maximum atomic E-state index is 13.1. The van der Waals surface area contributed by atoms with Gasteiger partial charge >= 0.3 is 17.9 Å². The average molecular weight is 451 g/mol. The predicted molar refractivity (Wildman–Crippen MR) is 110 cm³/mol. The minimum atomic E-state index is -4.48. The Labute approximate surface area is 179 Å². The lowest BCUT2D eigenvalue weighted by molar-refractivity contribution is -0.137. The Hall–Kier alpha value is -3.08. The summed E-state index contributed by atoms with van der Waals surface area (Å²) in [5.74, 6) is 0.209. The predicted octanol–water partition coefficient (Wildman–Crippen LogP) is 3.63. The number of amides is 2. The van der Waals surface area contributed by atoms with E-state index in [2.05, 4.69) is 15.7 Å². The van der Waals surface area contributed by atoms with Crippen molar-refractivity contribution in [2.75, 3.05) is 6.54 Å². The number of alkyl halides is 3. The zero-order chi connectivity index (χ0) is 22.0. The molecule has 0 spiro atoms. The maximum Gasteiger partial charge on any atom is 0.416 e. The lowest BCUT2D eigenvalue weighted by atomic mass is 10.1. The highest BCUT2D eigenvalue weighted by molar-refractivity contribution is 7.09. The number of aromatic nitrogens is 3. The molecular weight excluding hydrogens is 431 g/mol. The van der Waals surface area contributed by atoms with Crippen LogP contribution in [0.15, 0.2) is 46.6 Å². The normalized spacial score (nSPS) is 13.9. The van der Waals surface area contributed by atoms with Gasteiger partial charge in [-0.05, 0) is 36.4 Å². The fraction of sp³-hybridized carbons (Fsp3) is 0.350. The van der Waals surface area contributed by atoms with Crippen LogP contribution in [0.2, 0.25) is 0 Å². The quantitative estimate of drug-likeness (QED) is 0.576. The van der Waals surface area contributed by atoms with E-state index in [1.165, 1.54) is 32.7 Å². The van der Waals surface area contributed by atoms with Crippen LogP contribution in [0, 0.1) is 0 Å². The van der Waals surface area contributed by atoms with Crippen molar-refractivity contribution in [3.63, 3.8) is 0 Å². The number of benzene rings is 1. The molecule has 1 saturated carbocycles. The summed E-state index contributed by atoms with van der Waals surface area (Å²) in [5, 5.41) is 11.6. The van der Waals surface area contributed by atoms with Crippen LogP contribution in [0.25, 0.3) is 11.4 Å². The van der Waals surface area contributed by atoms with E-state index in [4.69, 9.17) is 0 Å². The Bertz CT molecular complexity index is 1120. The smallest absolute Gasteiger partial charge is 0.336 e. The van der Waals surface area contributed by atoms with Crippen LogP contribution in [0.5, 0.6) is 0 Å². The molecule has 4 rings (SSSR count).